The molecule has 1 atom stereocenters. The Hall–Kier alpha value is -3.85. The molecule has 2 fully saturated rings. The lowest BCUT2D eigenvalue weighted by Gasteiger charge is -2.45. The quantitative estimate of drug-likeness (QED) is 0.331. The molecular weight excluding hydrogens is 567 g/mol. The summed E-state index contributed by atoms with van der Waals surface area (Å²) < 4.78 is 73.4. The average Bonchev–Trinajstić information content (AvgIpc) is 3.49. The van der Waals surface area contributed by atoms with Crippen LogP contribution in [0.2, 0.25) is 0 Å². The van der Waals surface area contributed by atoms with Crippen LogP contribution in [0.25, 0.3) is 0 Å². The summed E-state index contributed by atoms with van der Waals surface area (Å²) in [6, 6.07) is 11.9. The molecule has 0 N–H and O–H groups in total. The van der Waals surface area contributed by atoms with Gasteiger partial charge in [-0.15, -0.1) is 10.2 Å². The van der Waals surface area contributed by atoms with Crippen molar-refractivity contribution in [3.05, 3.63) is 76.4 Å². The van der Waals surface area contributed by atoms with E-state index in [4.69, 9.17) is 0 Å². The normalized spacial score (nSPS) is 25.3. The standard InChI is InChI=1S/C31H31F5N6O/c1-19-6-7-41(17-30(19,32)33)15-20-8-24-25(26(9-20)31(34,35)36)16-42(28(24)43)23-5-3-4-22(10-23)29(11-21(12-29)14-37)13-27-39-38-18-40(27)2/h3-5,8-10,18-19,21H,6-7,11-13,15-17H2,1-2H3. The zero-order valence-electron chi connectivity index (χ0n) is 23.8. The number of likely N-dealkylation sites (tertiary alicyclic amines) is 1. The van der Waals surface area contributed by atoms with E-state index in [0.717, 1.165) is 17.5 Å². The van der Waals surface area contributed by atoms with Crippen molar-refractivity contribution in [1.29, 1.82) is 5.26 Å². The highest BCUT2D eigenvalue weighted by Gasteiger charge is 2.47. The van der Waals surface area contributed by atoms with Crippen LogP contribution in [-0.2, 0) is 38.1 Å². The first-order valence-electron chi connectivity index (χ1n) is 14.3. The highest BCUT2D eigenvalue weighted by molar-refractivity contribution is 6.10. The summed E-state index contributed by atoms with van der Waals surface area (Å²) in [5.41, 5.74) is -0.0131. The van der Waals surface area contributed by atoms with Gasteiger partial charge < -0.3 is 9.47 Å². The van der Waals surface area contributed by atoms with Gasteiger partial charge in [-0.25, -0.2) is 8.78 Å². The first kappa shape index (κ1) is 29.2. The van der Waals surface area contributed by atoms with Crippen molar-refractivity contribution < 1.29 is 26.7 Å². The molecule has 1 unspecified atom stereocenters. The number of carbonyl (C=O) groups is 1. The van der Waals surface area contributed by atoms with Gasteiger partial charge in [0.15, 0.2) is 0 Å². The van der Waals surface area contributed by atoms with E-state index in [1.165, 1.54) is 22.8 Å². The summed E-state index contributed by atoms with van der Waals surface area (Å²) in [4.78, 5) is 16.5. The number of rotatable bonds is 6. The van der Waals surface area contributed by atoms with E-state index >= 15 is 0 Å². The Kier molecular flexibility index (Phi) is 7.07. The minimum absolute atomic E-state index is 0.0608. The van der Waals surface area contributed by atoms with E-state index in [2.05, 4.69) is 16.3 Å². The lowest BCUT2D eigenvalue weighted by Crippen LogP contribution is -2.47. The van der Waals surface area contributed by atoms with Gasteiger partial charge in [-0.3, -0.25) is 9.69 Å². The van der Waals surface area contributed by atoms with Gasteiger partial charge in [-0.05, 0) is 66.8 Å². The number of nitriles is 1. The minimum Gasteiger partial charge on any atom is -0.321 e. The van der Waals surface area contributed by atoms with E-state index in [-0.39, 0.29) is 42.1 Å². The third kappa shape index (κ3) is 5.28. The number of anilines is 1. The smallest absolute Gasteiger partial charge is 0.321 e. The molecule has 1 saturated carbocycles. The molecule has 3 aliphatic rings. The molecule has 0 spiro atoms. The van der Waals surface area contributed by atoms with Crippen molar-refractivity contribution in [3.8, 4) is 6.07 Å². The first-order valence-corrected chi connectivity index (χ1v) is 14.3. The molecule has 1 amide bonds. The molecule has 226 valence electrons. The molecule has 3 aromatic rings. The van der Waals surface area contributed by atoms with Crippen molar-refractivity contribution in [2.75, 3.05) is 18.0 Å². The molecule has 1 saturated heterocycles. The average molecular weight is 599 g/mol. The molecule has 1 aliphatic carbocycles. The van der Waals surface area contributed by atoms with Crippen molar-refractivity contribution >= 4 is 11.6 Å². The Bertz CT molecular complexity index is 1600. The van der Waals surface area contributed by atoms with E-state index in [9.17, 15) is 32.0 Å². The molecule has 0 bridgehead atoms. The zero-order valence-corrected chi connectivity index (χ0v) is 23.8. The number of benzene rings is 2. The number of halogens is 5. The SMILES string of the molecule is CC1CCN(Cc2cc3c(c(C(F)(F)F)c2)CN(c2cccc(C4(Cc5nncn5C)CC(C#N)C4)c2)C3=O)CC1(F)F. The number of hydrogen-bond donors (Lipinski definition) is 0. The number of hydrogen-bond acceptors (Lipinski definition) is 5. The minimum atomic E-state index is -4.73. The number of alkyl halides is 5. The number of piperidine rings is 1. The third-order valence-electron chi connectivity index (χ3n) is 9.38. The Balaban J connectivity index is 1.31. The second-order valence-corrected chi connectivity index (χ2v) is 12.3. The molecule has 2 aliphatic heterocycles. The van der Waals surface area contributed by atoms with E-state index in [1.807, 2.05) is 23.7 Å². The third-order valence-corrected chi connectivity index (χ3v) is 9.38. The number of carbonyl (C=O) groups excluding carboxylic acids is 1. The van der Waals surface area contributed by atoms with E-state index < -0.39 is 41.4 Å². The van der Waals surface area contributed by atoms with Crippen LogP contribution in [0.4, 0.5) is 27.6 Å². The van der Waals surface area contributed by atoms with Gasteiger partial charge in [-0.2, -0.15) is 18.4 Å². The summed E-state index contributed by atoms with van der Waals surface area (Å²) >= 11 is 0. The summed E-state index contributed by atoms with van der Waals surface area (Å²) in [6.45, 7) is 0.906. The highest BCUT2D eigenvalue weighted by Crippen LogP contribution is 2.50. The van der Waals surface area contributed by atoms with Gasteiger partial charge in [0.25, 0.3) is 11.8 Å². The van der Waals surface area contributed by atoms with Crippen LogP contribution in [0.1, 0.15) is 64.6 Å². The Morgan fingerprint density at radius 2 is 1.93 bits per heavy atom. The van der Waals surface area contributed by atoms with Crippen molar-refractivity contribution in [1.82, 2.24) is 19.7 Å². The number of aryl methyl sites for hydroxylation is 1. The van der Waals surface area contributed by atoms with Crippen LogP contribution < -0.4 is 4.90 Å². The van der Waals surface area contributed by atoms with Gasteiger partial charge in [0.05, 0.1) is 24.7 Å². The lowest BCUT2D eigenvalue weighted by molar-refractivity contribution is -0.138. The number of nitrogens with zero attached hydrogens (tertiary/aromatic N) is 6. The van der Waals surface area contributed by atoms with Crippen molar-refractivity contribution in [2.45, 2.75) is 63.2 Å². The summed E-state index contributed by atoms with van der Waals surface area (Å²) in [6.07, 6.45) is -1.19. The Labute approximate surface area is 245 Å². The van der Waals surface area contributed by atoms with Crippen LogP contribution >= 0.6 is 0 Å². The van der Waals surface area contributed by atoms with Gasteiger partial charge in [0.1, 0.15) is 12.2 Å². The molecule has 1 aromatic heterocycles. The van der Waals surface area contributed by atoms with Crippen LogP contribution in [0.5, 0.6) is 0 Å². The van der Waals surface area contributed by atoms with Gasteiger partial charge in [0, 0.05) is 48.5 Å². The summed E-state index contributed by atoms with van der Waals surface area (Å²) in [5, 5.41) is 17.7. The number of amides is 1. The molecule has 6 rings (SSSR count). The lowest BCUT2D eigenvalue weighted by atomic mass is 9.57. The second-order valence-electron chi connectivity index (χ2n) is 12.3. The van der Waals surface area contributed by atoms with Crippen molar-refractivity contribution in [2.24, 2.45) is 18.9 Å². The molecular formula is C31H31F5N6O. The van der Waals surface area contributed by atoms with Gasteiger partial charge in [-0.1, -0.05) is 19.1 Å². The van der Waals surface area contributed by atoms with Gasteiger partial charge >= 0.3 is 6.18 Å². The molecule has 2 aromatic carbocycles. The fourth-order valence-corrected chi connectivity index (χ4v) is 6.77. The second kappa shape index (κ2) is 10.4. The zero-order chi connectivity index (χ0) is 30.7. The number of aromatic nitrogens is 3. The fraction of sp³-hybridized carbons (Fsp3) is 0.484. The van der Waals surface area contributed by atoms with Gasteiger partial charge in [0.2, 0.25) is 0 Å². The largest absolute Gasteiger partial charge is 0.416 e. The van der Waals surface area contributed by atoms with Crippen LogP contribution in [0.15, 0.2) is 42.7 Å². The molecule has 3 heterocycles. The topological polar surface area (TPSA) is 78.1 Å². The van der Waals surface area contributed by atoms with E-state index in [0.29, 0.717) is 31.5 Å². The Morgan fingerprint density at radius 1 is 1.16 bits per heavy atom. The Morgan fingerprint density at radius 3 is 2.58 bits per heavy atom. The van der Waals surface area contributed by atoms with E-state index in [1.54, 1.807) is 18.5 Å². The predicted octanol–water partition coefficient (Wildman–Crippen LogP) is 5.89. The van der Waals surface area contributed by atoms with Crippen LogP contribution in [0, 0.1) is 23.2 Å². The van der Waals surface area contributed by atoms with Crippen molar-refractivity contribution in [3.63, 3.8) is 0 Å². The highest BCUT2D eigenvalue weighted by atomic mass is 19.4. The maximum absolute atomic E-state index is 14.3. The molecule has 43 heavy (non-hydrogen) atoms. The molecule has 12 heteroatoms. The maximum Gasteiger partial charge on any atom is 0.416 e. The monoisotopic (exact) mass is 598 g/mol. The maximum atomic E-state index is 14.3. The first-order chi connectivity index (χ1) is 20.3. The predicted molar refractivity (Wildman–Crippen MR) is 147 cm³/mol. The summed E-state index contributed by atoms with van der Waals surface area (Å²) in [7, 11) is 1.84. The summed E-state index contributed by atoms with van der Waals surface area (Å²) in [5.74, 6) is -3.69. The van der Waals surface area contributed by atoms with Crippen LogP contribution in [0.3, 0.4) is 0 Å². The van der Waals surface area contributed by atoms with Crippen LogP contribution in [-0.4, -0.2) is 44.6 Å². The molecule has 0 radical (unpaired) electrons. The molecule has 7 nitrogen and oxygen atoms in total. The fourth-order valence-electron chi connectivity index (χ4n) is 6.77. The number of fused-ring (bicyclic) bond motifs is 1.